The number of carbonyl (C=O) groups is 3. The van der Waals surface area contributed by atoms with Gasteiger partial charge in [-0.05, 0) is 19.1 Å². The van der Waals surface area contributed by atoms with Crippen molar-refractivity contribution in [1.29, 1.82) is 0 Å². The molecule has 2 N–H and O–H groups in total. The highest BCUT2D eigenvalue weighted by Crippen LogP contribution is 2.27. The number of amides is 1. The molecule has 0 aromatic heterocycles. The van der Waals surface area contributed by atoms with Gasteiger partial charge >= 0.3 is 11.9 Å². The zero-order valence-electron chi connectivity index (χ0n) is 17.4. The molecule has 1 aliphatic heterocycles. The van der Waals surface area contributed by atoms with Gasteiger partial charge in [-0.2, -0.15) is 8.42 Å². The van der Waals surface area contributed by atoms with Gasteiger partial charge in [-0.1, -0.05) is 17.7 Å². The Morgan fingerprint density at radius 1 is 1.03 bits per heavy atom. The minimum absolute atomic E-state index is 0.105. The second-order valence-corrected chi connectivity index (χ2v) is 8.61. The molecule has 0 unspecified atom stereocenters. The number of rotatable bonds is 7. The monoisotopic (exact) mass is 459 g/mol. The quantitative estimate of drug-likeness (QED) is 0.413. The molecule has 11 nitrogen and oxygen atoms in total. The maximum atomic E-state index is 12.5. The van der Waals surface area contributed by atoms with E-state index >= 15 is 0 Å². The van der Waals surface area contributed by atoms with Gasteiger partial charge in [-0.15, -0.1) is 0 Å². The summed E-state index contributed by atoms with van der Waals surface area (Å²) < 4.78 is 45.7. The first kappa shape index (κ1) is 24.7. The maximum absolute atomic E-state index is 12.5. The van der Waals surface area contributed by atoms with Gasteiger partial charge < -0.3 is 24.6 Å². The zero-order valence-corrected chi connectivity index (χ0v) is 18.2. The van der Waals surface area contributed by atoms with Crippen molar-refractivity contribution in [2.45, 2.75) is 63.2 Å². The number of hydrogen-bond donors (Lipinski definition) is 2. The summed E-state index contributed by atoms with van der Waals surface area (Å²) in [4.78, 5) is 34.6. The second-order valence-electron chi connectivity index (χ2n) is 6.99. The number of hydrogen-bond acceptors (Lipinski definition) is 10. The molecule has 0 bridgehead atoms. The lowest BCUT2D eigenvalue weighted by Crippen LogP contribution is -2.66. The normalized spacial score (nSPS) is 26.0. The Morgan fingerprint density at radius 3 is 2.10 bits per heavy atom. The fourth-order valence-corrected chi connectivity index (χ4v) is 3.96. The smallest absolute Gasteiger partial charge is 0.303 e. The molecule has 12 heteroatoms. The first-order chi connectivity index (χ1) is 14.4. The van der Waals surface area contributed by atoms with E-state index in [1.165, 1.54) is 19.1 Å². The van der Waals surface area contributed by atoms with E-state index in [1.54, 1.807) is 19.1 Å². The van der Waals surface area contributed by atoms with E-state index in [0.717, 1.165) is 19.4 Å². The summed E-state index contributed by atoms with van der Waals surface area (Å²) in [5.74, 6) is -2.13. The van der Waals surface area contributed by atoms with Crippen LogP contribution in [-0.2, 0) is 42.9 Å². The predicted molar refractivity (Wildman–Crippen MR) is 104 cm³/mol. The Hall–Kier alpha value is -2.54. The van der Waals surface area contributed by atoms with E-state index in [0.29, 0.717) is 0 Å². The Balaban J connectivity index is 2.29. The van der Waals surface area contributed by atoms with E-state index in [-0.39, 0.29) is 4.90 Å². The van der Waals surface area contributed by atoms with Crippen LogP contribution in [0.15, 0.2) is 29.2 Å². The molecular weight excluding hydrogens is 434 g/mol. The molecule has 1 amide bonds. The van der Waals surface area contributed by atoms with Gasteiger partial charge in [-0.25, -0.2) is 0 Å². The first-order valence-electron chi connectivity index (χ1n) is 9.32. The number of carbonyl (C=O) groups excluding carboxylic acids is 3. The highest BCUT2D eigenvalue weighted by molar-refractivity contribution is 7.86. The average molecular weight is 459 g/mol. The second kappa shape index (κ2) is 10.2. The van der Waals surface area contributed by atoms with Gasteiger partial charge in [0, 0.05) is 20.8 Å². The summed E-state index contributed by atoms with van der Waals surface area (Å²) >= 11 is 0. The van der Waals surface area contributed by atoms with Crippen molar-refractivity contribution in [3.8, 4) is 0 Å². The van der Waals surface area contributed by atoms with E-state index in [1.807, 2.05) is 0 Å². The molecule has 0 aliphatic carbocycles. The van der Waals surface area contributed by atoms with E-state index in [4.69, 9.17) is 18.4 Å². The first-order valence-corrected chi connectivity index (χ1v) is 10.7. The summed E-state index contributed by atoms with van der Waals surface area (Å²) in [5, 5.41) is 12.7. The van der Waals surface area contributed by atoms with Crippen LogP contribution in [0.5, 0.6) is 0 Å². The van der Waals surface area contributed by atoms with Crippen molar-refractivity contribution in [2.75, 3.05) is 6.61 Å². The lowest BCUT2D eigenvalue weighted by molar-refractivity contribution is -0.261. The fraction of sp³-hybridized carbons (Fsp3) is 0.526. The van der Waals surface area contributed by atoms with Crippen molar-refractivity contribution < 1.29 is 46.3 Å². The Labute approximate surface area is 179 Å². The van der Waals surface area contributed by atoms with Crippen LogP contribution in [-0.4, -0.2) is 68.6 Å². The number of benzene rings is 1. The number of aliphatic hydroxyl groups is 1. The van der Waals surface area contributed by atoms with Crippen LogP contribution in [0.25, 0.3) is 0 Å². The van der Waals surface area contributed by atoms with Crippen LogP contribution in [0.3, 0.4) is 0 Å². The van der Waals surface area contributed by atoms with Gasteiger partial charge in [0.25, 0.3) is 10.1 Å². The molecule has 0 radical (unpaired) electrons. The predicted octanol–water partition coefficient (Wildman–Crippen LogP) is -0.214. The van der Waals surface area contributed by atoms with Gasteiger partial charge in [0.2, 0.25) is 5.91 Å². The van der Waals surface area contributed by atoms with Crippen LogP contribution in [0.1, 0.15) is 26.3 Å². The SMILES string of the molecule is CC(=O)N[C@@H]1[C@@H](OC(C)=O)[C@H](OC(C)=O)[C@H](COS(=O)(=O)c2ccc(C)cc2)O[C@H]1O. The molecule has 31 heavy (non-hydrogen) atoms. The highest BCUT2D eigenvalue weighted by atomic mass is 32.2. The standard InChI is InChI=1S/C19H25NO10S/c1-10-5-7-14(8-6-10)31(25,26)27-9-15-17(28-12(3)22)18(29-13(4)23)16(19(24)30-15)20-11(2)21/h5-8,15-19,24H,9H2,1-4H3,(H,20,21)/t15-,16+,17+,18+,19+/m0/s1. The molecule has 5 atom stereocenters. The summed E-state index contributed by atoms with van der Waals surface area (Å²) in [6.07, 6.45) is -5.75. The van der Waals surface area contributed by atoms with Crippen molar-refractivity contribution in [3.63, 3.8) is 0 Å². The number of aryl methyl sites for hydroxylation is 1. The summed E-state index contributed by atoms with van der Waals surface area (Å²) in [6, 6.07) is 4.63. The summed E-state index contributed by atoms with van der Waals surface area (Å²) in [5.41, 5.74) is 0.848. The van der Waals surface area contributed by atoms with Gasteiger partial charge in [-0.3, -0.25) is 18.6 Å². The third-order valence-corrected chi connectivity index (χ3v) is 5.63. The lowest BCUT2D eigenvalue weighted by Gasteiger charge is -2.43. The van der Waals surface area contributed by atoms with Crippen LogP contribution >= 0.6 is 0 Å². The van der Waals surface area contributed by atoms with Crippen molar-refractivity contribution in [3.05, 3.63) is 29.8 Å². The highest BCUT2D eigenvalue weighted by Gasteiger charge is 2.50. The largest absolute Gasteiger partial charge is 0.456 e. The molecule has 1 heterocycles. The minimum Gasteiger partial charge on any atom is -0.456 e. The summed E-state index contributed by atoms with van der Waals surface area (Å²) in [6.45, 7) is 4.48. The molecule has 1 aromatic carbocycles. The molecule has 172 valence electrons. The molecule has 1 fully saturated rings. The molecular formula is C19H25NO10S. The molecule has 0 saturated carbocycles. The zero-order chi connectivity index (χ0) is 23.3. The molecule has 1 saturated heterocycles. The van der Waals surface area contributed by atoms with Crippen molar-refractivity contribution >= 4 is 28.0 Å². The molecule has 1 aliphatic rings. The number of aliphatic hydroxyl groups excluding tert-OH is 1. The maximum Gasteiger partial charge on any atom is 0.303 e. The van der Waals surface area contributed by atoms with E-state index in [9.17, 15) is 27.9 Å². The molecule has 2 rings (SSSR count). The number of ether oxygens (including phenoxy) is 3. The third-order valence-electron chi connectivity index (χ3n) is 4.34. The minimum atomic E-state index is -4.20. The summed E-state index contributed by atoms with van der Waals surface area (Å²) in [7, 11) is -4.20. The van der Waals surface area contributed by atoms with Gasteiger partial charge in [0.15, 0.2) is 18.5 Å². The Bertz CT molecular complexity index is 914. The lowest BCUT2D eigenvalue weighted by atomic mass is 9.96. The van der Waals surface area contributed by atoms with Crippen LogP contribution < -0.4 is 5.32 Å². The number of nitrogens with one attached hydrogen (secondary N) is 1. The van der Waals surface area contributed by atoms with Crippen molar-refractivity contribution in [1.82, 2.24) is 5.32 Å². The van der Waals surface area contributed by atoms with Crippen LogP contribution in [0, 0.1) is 6.92 Å². The molecule has 1 aromatic rings. The Morgan fingerprint density at radius 2 is 1.58 bits per heavy atom. The van der Waals surface area contributed by atoms with E-state index in [2.05, 4.69) is 5.32 Å². The topological polar surface area (TPSA) is 155 Å². The van der Waals surface area contributed by atoms with E-state index < -0.39 is 65.2 Å². The Kier molecular flexibility index (Phi) is 8.12. The fourth-order valence-electron chi connectivity index (χ4n) is 3.04. The van der Waals surface area contributed by atoms with Crippen molar-refractivity contribution in [2.24, 2.45) is 0 Å². The van der Waals surface area contributed by atoms with Gasteiger partial charge in [0.1, 0.15) is 12.1 Å². The average Bonchev–Trinajstić information content (AvgIpc) is 2.65. The van der Waals surface area contributed by atoms with Crippen LogP contribution in [0.2, 0.25) is 0 Å². The third kappa shape index (κ3) is 6.72. The van der Waals surface area contributed by atoms with Gasteiger partial charge in [0.05, 0.1) is 11.5 Å². The van der Waals surface area contributed by atoms with Crippen LogP contribution in [0.4, 0.5) is 0 Å². The molecule has 0 spiro atoms. The number of esters is 2.